The average Bonchev–Trinajstić information content (AvgIpc) is 3.43. The summed E-state index contributed by atoms with van der Waals surface area (Å²) in [5.41, 5.74) is 3.27. The van der Waals surface area contributed by atoms with Gasteiger partial charge in [-0.3, -0.25) is 9.48 Å². The third kappa shape index (κ3) is 4.05. The van der Waals surface area contributed by atoms with Crippen molar-refractivity contribution >= 4 is 11.6 Å². The summed E-state index contributed by atoms with van der Waals surface area (Å²) in [6, 6.07) is 18.9. The fraction of sp³-hybridized carbons (Fsp3) is 0.238. The van der Waals surface area contributed by atoms with Gasteiger partial charge in [0.1, 0.15) is 12.2 Å². The largest absolute Gasteiger partial charge is 0.324 e. The number of carbonyl (C=O) groups is 1. The number of nitrogens with one attached hydrogen (secondary N) is 1. The summed E-state index contributed by atoms with van der Waals surface area (Å²) in [5.74, 6) is -0.0452. The van der Waals surface area contributed by atoms with E-state index in [2.05, 4.69) is 10.4 Å². The van der Waals surface area contributed by atoms with Crippen LogP contribution in [0.1, 0.15) is 36.6 Å². The first-order chi connectivity index (χ1) is 13.1. The van der Waals surface area contributed by atoms with Gasteiger partial charge in [-0.25, -0.2) is 8.78 Å². The second-order valence-electron chi connectivity index (χ2n) is 6.72. The normalized spacial score (nSPS) is 13.7. The lowest BCUT2D eigenvalue weighted by molar-refractivity contribution is -0.117. The Labute approximate surface area is 155 Å². The van der Waals surface area contributed by atoms with Gasteiger partial charge in [-0.15, -0.1) is 0 Å². The maximum absolute atomic E-state index is 12.9. The standard InChI is InChI=1S/C21H19F2N3O/c22-21(23)18-12-19(16-6-7-16)26(25-18)13-20(27)24-17-10-8-15(9-11-17)14-4-2-1-3-5-14/h1-5,8-12,16,21H,6-7,13H2,(H,24,27). The van der Waals surface area contributed by atoms with E-state index in [4.69, 9.17) is 0 Å². The minimum Gasteiger partial charge on any atom is -0.324 e. The van der Waals surface area contributed by atoms with Crippen LogP contribution in [0.4, 0.5) is 14.5 Å². The number of carbonyl (C=O) groups excluding carboxylic acids is 1. The monoisotopic (exact) mass is 367 g/mol. The lowest BCUT2D eigenvalue weighted by Crippen LogP contribution is -2.20. The number of benzene rings is 2. The Hall–Kier alpha value is -3.02. The van der Waals surface area contributed by atoms with Gasteiger partial charge in [0, 0.05) is 17.3 Å². The Morgan fingerprint density at radius 1 is 1.07 bits per heavy atom. The van der Waals surface area contributed by atoms with Crippen molar-refractivity contribution in [3.8, 4) is 11.1 Å². The Bertz CT molecular complexity index is 932. The number of alkyl halides is 2. The molecule has 0 saturated heterocycles. The maximum Gasteiger partial charge on any atom is 0.282 e. The highest BCUT2D eigenvalue weighted by Gasteiger charge is 2.30. The number of nitrogens with zero attached hydrogens (tertiary/aromatic N) is 2. The lowest BCUT2D eigenvalue weighted by Gasteiger charge is -2.09. The number of hydrogen-bond acceptors (Lipinski definition) is 2. The summed E-state index contributed by atoms with van der Waals surface area (Å²) >= 11 is 0. The van der Waals surface area contributed by atoms with Crippen LogP contribution in [0, 0.1) is 0 Å². The van der Waals surface area contributed by atoms with Crippen molar-refractivity contribution in [1.29, 1.82) is 0 Å². The molecule has 1 amide bonds. The average molecular weight is 367 g/mol. The highest BCUT2D eigenvalue weighted by atomic mass is 19.3. The summed E-state index contributed by atoms with van der Waals surface area (Å²) < 4.78 is 27.3. The first-order valence-corrected chi connectivity index (χ1v) is 8.91. The van der Waals surface area contributed by atoms with Crippen molar-refractivity contribution in [1.82, 2.24) is 9.78 Å². The van der Waals surface area contributed by atoms with Gasteiger partial charge in [0.2, 0.25) is 5.91 Å². The molecule has 1 fully saturated rings. The lowest BCUT2D eigenvalue weighted by atomic mass is 10.1. The van der Waals surface area contributed by atoms with Crippen LogP contribution in [0.5, 0.6) is 0 Å². The molecule has 4 rings (SSSR count). The molecule has 2 aromatic carbocycles. The zero-order chi connectivity index (χ0) is 18.8. The van der Waals surface area contributed by atoms with Crippen LogP contribution in [-0.2, 0) is 11.3 Å². The molecule has 138 valence electrons. The molecule has 0 unspecified atom stereocenters. The SMILES string of the molecule is O=C(Cn1nc(C(F)F)cc1C1CC1)Nc1ccc(-c2ccccc2)cc1. The van der Waals surface area contributed by atoms with Crippen LogP contribution < -0.4 is 5.32 Å². The molecule has 1 N–H and O–H groups in total. The van der Waals surface area contributed by atoms with Crippen LogP contribution in [-0.4, -0.2) is 15.7 Å². The van der Waals surface area contributed by atoms with Gasteiger partial charge >= 0.3 is 0 Å². The van der Waals surface area contributed by atoms with Crippen molar-refractivity contribution in [3.05, 3.63) is 72.1 Å². The maximum atomic E-state index is 12.9. The van der Waals surface area contributed by atoms with Gasteiger partial charge in [-0.1, -0.05) is 42.5 Å². The molecule has 1 heterocycles. The molecule has 0 aliphatic heterocycles. The van der Waals surface area contributed by atoms with E-state index >= 15 is 0 Å². The van der Waals surface area contributed by atoms with Gasteiger partial charge in [-0.05, 0) is 42.2 Å². The Kier molecular flexibility index (Phi) is 4.71. The number of amides is 1. The van der Waals surface area contributed by atoms with Gasteiger partial charge < -0.3 is 5.32 Å². The van der Waals surface area contributed by atoms with E-state index < -0.39 is 6.43 Å². The smallest absolute Gasteiger partial charge is 0.282 e. The summed E-state index contributed by atoms with van der Waals surface area (Å²) in [6.45, 7) is -0.0704. The highest BCUT2D eigenvalue weighted by molar-refractivity contribution is 5.90. The molecule has 0 atom stereocenters. The molecule has 3 aromatic rings. The van der Waals surface area contributed by atoms with Gasteiger partial charge in [0.15, 0.2) is 0 Å². The van der Waals surface area contributed by atoms with Crippen LogP contribution >= 0.6 is 0 Å². The molecule has 27 heavy (non-hydrogen) atoms. The Morgan fingerprint density at radius 3 is 2.37 bits per heavy atom. The van der Waals surface area contributed by atoms with Crippen molar-refractivity contribution in [2.45, 2.75) is 31.7 Å². The second kappa shape index (κ2) is 7.31. The minimum atomic E-state index is -2.63. The quantitative estimate of drug-likeness (QED) is 0.666. The molecular formula is C21H19F2N3O. The Morgan fingerprint density at radius 2 is 1.74 bits per heavy atom. The summed E-state index contributed by atoms with van der Waals surface area (Å²) in [6.07, 6.45) is -0.717. The van der Waals surface area contributed by atoms with Gasteiger partial charge in [0.25, 0.3) is 6.43 Å². The van der Waals surface area contributed by atoms with Crippen molar-refractivity contribution < 1.29 is 13.6 Å². The first-order valence-electron chi connectivity index (χ1n) is 8.91. The molecule has 6 heteroatoms. The number of hydrogen-bond donors (Lipinski definition) is 1. The van der Waals surface area contributed by atoms with Gasteiger partial charge in [-0.2, -0.15) is 5.10 Å². The zero-order valence-corrected chi connectivity index (χ0v) is 14.6. The van der Waals surface area contributed by atoms with Crippen molar-refractivity contribution in [2.75, 3.05) is 5.32 Å². The molecule has 0 bridgehead atoms. The molecular weight excluding hydrogens is 348 g/mol. The van der Waals surface area contributed by atoms with Gasteiger partial charge in [0.05, 0.1) is 0 Å². The number of rotatable bonds is 6. The van der Waals surface area contributed by atoms with Crippen molar-refractivity contribution in [3.63, 3.8) is 0 Å². The first kappa shape index (κ1) is 17.4. The molecule has 1 saturated carbocycles. The van der Waals surface area contributed by atoms with E-state index in [-0.39, 0.29) is 24.1 Å². The fourth-order valence-electron chi connectivity index (χ4n) is 3.11. The molecule has 0 radical (unpaired) electrons. The second-order valence-corrected chi connectivity index (χ2v) is 6.72. The van der Waals surface area contributed by atoms with Crippen LogP contribution in [0.15, 0.2) is 60.7 Å². The van der Waals surface area contributed by atoms with E-state index in [1.807, 2.05) is 54.6 Å². The predicted molar refractivity (Wildman–Crippen MR) is 99.7 cm³/mol. The third-order valence-corrected chi connectivity index (χ3v) is 4.62. The van der Waals surface area contributed by atoms with E-state index in [9.17, 15) is 13.6 Å². The van der Waals surface area contributed by atoms with E-state index in [0.29, 0.717) is 5.69 Å². The molecule has 1 aliphatic rings. The van der Waals surface area contributed by atoms with E-state index in [0.717, 1.165) is 29.7 Å². The topological polar surface area (TPSA) is 46.9 Å². The van der Waals surface area contributed by atoms with Crippen LogP contribution in [0.2, 0.25) is 0 Å². The molecule has 0 spiro atoms. The van der Waals surface area contributed by atoms with Crippen LogP contribution in [0.25, 0.3) is 11.1 Å². The highest BCUT2D eigenvalue weighted by Crippen LogP contribution is 2.41. The summed E-state index contributed by atoms with van der Waals surface area (Å²) in [5, 5.41) is 6.72. The number of halogens is 2. The summed E-state index contributed by atoms with van der Waals surface area (Å²) in [7, 11) is 0. The van der Waals surface area contributed by atoms with Crippen LogP contribution in [0.3, 0.4) is 0 Å². The zero-order valence-electron chi connectivity index (χ0n) is 14.6. The van der Waals surface area contributed by atoms with E-state index in [1.165, 1.54) is 10.7 Å². The summed E-state index contributed by atoms with van der Waals surface area (Å²) in [4.78, 5) is 12.4. The molecule has 1 aromatic heterocycles. The molecule has 1 aliphatic carbocycles. The number of anilines is 1. The fourth-order valence-corrected chi connectivity index (χ4v) is 3.11. The third-order valence-electron chi connectivity index (χ3n) is 4.62. The van der Waals surface area contributed by atoms with E-state index in [1.54, 1.807) is 0 Å². The van der Waals surface area contributed by atoms with Crippen molar-refractivity contribution in [2.24, 2.45) is 0 Å². The molecule has 4 nitrogen and oxygen atoms in total. The predicted octanol–water partition coefficient (Wildman–Crippen LogP) is 5.00. The minimum absolute atomic E-state index is 0.0704. The number of aromatic nitrogens is 2. The Balaban J connectivity index is 1.44.